The lowest BCUT2D eigenvalue weighted by Gasteiger charge is -2.28. The minimum atomic E-state index is -0.0676. The molecule has 1 aliphatic rings. The maximum atomic E-state index is 2.40. The third-order valence-corrected chi connectivity index (χ3v) is 11.9. The quantitative estimate of drug-likeness (QED) is 0.162. The number of anilines is 3. The van der Waals surface area contributed by atoms with Gasteiger partial charge in [0.2, 0.25) is 0 Å². The molecule has 0 radical (unpaired) electrons. The summed E-state index contributed by atoms with van der Waals surface area (Å²) in [4.78, 5) is 2.38. The molecule has 0 amide bonds. The first-order chi connectivity index (χ1) is 27.0. The van der Waals surface area contributed by atoms with E-state index in [-0.39, 0.29) is 5.41 Å². The smallest absolute Gasteiger partial charge is 0.0547 e. The molecule has 1 heterocycles. The molecule has 0 saturated carbocycles. The van der Waals surface area contributed by atoms with Crippen LogP contribution in [-0.2, 0) is 5.41 Å². The zero-order valence-corrected chi connectivity index (χ0v) is 30.9. The van der Waals surface area contributed by atoms with Crippen LogP contribution in [0, 0.1) is 0 Å². The lowest BCUT2D eigenvalue weighted by molar-refractivity contribution is 0.660. The lowest BCUT2D eigenvalue weighted by Crippen LogP contribution is -2.16. The largest absolute Gasteiger partial charge is 0.310 e. The fourth-order valence-corrected chi connectivity index (χ4v) is 9.22. The van der Waals surface area contributed by atoms with Gasteiger partial charge in [-0.25, -0.2) is 0 Å². The van der Waals surface area contributed by atoms with Crippen molar-refractivity contribution in [2.45, 2.75) is 19.3 Å². The van der Waals surface area contributed by atoms with Crippen LogP contribution in [0.15, 0.2) is 194 Å². The summed E-state index contributed by atoms with van der Waals surface area (Å²) < 4.78 is 2.40. The molecule has 2 heteroatoms. The van der Waals surface area contributed by atoms with Crippen molar-refractivity contribution in [3.8, 4) is 27.9 Å². The molecule has 55 heavy (non-hydrogen) atoms. The number of hydrogen-bond acceptors (Lipinski definition) is 1. The second-order valence-electron chi connectivity index (χ2n) is 15.4. The highest BCUT2D eigenvalue weighted by Gasteiger charge is 2.35. The Morgan fingerprint density at radius 3 is 1.84 bits per heavy atom. The Morgan fingerprint density at radius 2 is 1.02 bits per heavy atom. The van der Waals surface area contributed by atoms with E-state index in [0.717, 1.165) is 17.1 Å². The molecular formula is C53H38N2. The van der Waals surface area contributed by atoms with Gasteiger partial charge in [-0.2, -0.15) is 0 Å². The number of para-hydroxylation sites is 3. The van der Waals surface area contributed by atoms with E-state index in [1.165, 1.54) is 82.4 Å². The molecule has 1 aliphatic carbocycles. The molecular weight excluding hydrogens is 665 g/mol. The zero-order chi connectivity index (χ0) is 36.7. The van der Waals surface area contributed by atoms with Crippen molar-refractivity contribution in [3.05, 3.63) is 205 Å². The van der Waals surface area contributed by atoms with Crippen molar-refractivity contribution >= 4 is 60.4 Å². The second kappa shape index (κ2) is 12.1. The van der Waals surface area contributed by atoms with Crippen LogP contribution >= 0.6 is 0 Å². The second-order valence-corrected chi connectivity index (χ2v) is 15.4. The molecule has 0 fully saturated rings. The molecule has 0 spiro atoms. The van der Waals surface area contributed by atoms with E-state index < -0.39 is 0 Å². The molecule has 11 rings (SSSR count). The molecule has 0 unspecified atom stereocenters. The average molecular weight is 703 g/mol. The normalized spacial score (nSPS) is 13.1. The summed E-state index contributed by atoms with van der Waals surface area (Å²) in [6, 6.07) is 71.3. The van der Waals surface area contributed by atoms with E-state index in [2.05, 4.69) is 217 Å². The highest BCUT2D eigenvalue weighted by atomic mass is 15.1. The molecule has 1 aromatic heterocycles. The molecule has 0 aliphatic heterocycles. The highest BCUT2D eigenvalue weighted by molar-refractivity contribution is 6.18. The van der Waals surface area contributed by atoms with Crippen LogP contribution in [0.2, 0.25) is 0 Å². The maximum Gasteiger partial charge on any atom is 0.0547 e. The van der Waals surface area contributed by atoms with Crippen molar-refractivity contribution in [1.29, 1.82) is 0 Å². The maximum absolute atomic E-state index is 2.40. The Kier molecular flexibility index (Phi) is 6.93. The summed E-state index contributed by atoms with van der Waals surface area (Å²) in [5, 5.41) is 7.59. The van der Waals surface area contributed by atoms with E-state index in [1.54, 1.807) is 0 Å². The van der Waals surface area contributed by atoms with Gasteiger partial charge < -0.3 is 9.47 Å². The molecule has 0 saturated heterocycles. The molecule has 9 aromatic carbocycles. The summed E-state index contributed by atoms with van der Waals surface area (Å²) in [7, 11) is 0. The Bertz CT molecular complexity index is 3100. The van der Waals surface area contributed by atoms with E-state index in [1.807, 2.05) is 0 Å². The van der Waals surface area contributed by atoms with Crippen LogP contribution in [0.4, 0.5) is 17.1 Å². The van der Waals surface area contributed by atoms with Gasteiger partial charge in [0, 0.05) is 38.9 Å². The van der Waals surface area contributed by atoms with Crippen molar-refractivity contribution in [3.63, 3.8) is 0 Å². The molecule has 2 nitrogen and oxygen atoms in total. The summed E-state index contributed by atoms with van der Waals surface area (Å²) in [5.74, 6) is 0. The summed E-state index contributed by atoms with van der Waals surface area (Å²) in [5.41, 5.74) is 14.8. The number of aromatic nitrogens is 1. The zero-order valence-electron chi connectivity index (χ0n) is 30.9. The van der Waals surface area contributed by atoms with E-state index >= 15 is 0 Å². The first-order valence-electron chi connectivity index (χ1n) is 19.2. The van der Waals surface area contributed by atoms with Gasteiger partial charge in [-0.05, 0) is 128 Å². The van der Waals surface area contributed by atoms with Crippen LogP contribution in [-0.4, -0.2) is 4.57 Å². The van der Waals surface area contributed by atoms with Crippen molar-refractivity contribution in [2.24, 2.45) is 0 Å². The number of benzene rings is 9. The van der Waals surface area contributed by atoms with E-state index in [4.69, 9.17) is 0 Å². The van der Waals surface area contributed by atoms with Crippen molar-refractivity contribution in [1.82, 2.24) is 4.57 Å². The number of fused-ring (bicyclic) bond motifs is 9. The van der Waals surface area contributed by atoms with Crippen molar-refractivity contribution in [2.75, 3.05) is 4.90 Å². The van der Waals surface area contributed by atoms with Crippen LogP contribution in [0.3, 0.4) is 0 Å². The molecule has 260 valence electrons. The minimum Gasteiger partial charge on any atom is -0.310 e. The summed E-state index contributed by atoms with van der Waals surface area (Å²) in [6.07, 6.45) is 0. The Balaban J connectivity index is 0.989. The Hall–Kier alpha value is -6.90. The predicted molar refractivity (Wildman–Crippen MR) is 233 cm³/mol. The van der Waals surface area contributed by atoms with Gasteiger partial charge in [-0.1, -0.05) is 135 Å². The van der Waals surface area contributed by atoms with Gasteiger partial charge in [0.05, 0.1) is 11.0 Å². The van der Waals surface area contributed by atoms with E-state index in [0.29, 0.717) is 0 Å². The van der Waals surface area contributed by atoms with Gasteiger partial charge in [0.25, 0.3) is 0 Å². The molecule has 10 aromatic rings. The first-order valence-corrected chi connectivity index (χ1v) is 19.2. The van der Waals surface area contributed by atoms with Gasteiger partial charge in [-0.15, -0.1) is 0 Å². The number of hydrogen-bond donors (Lipinski definition) is 0. The van der Waals surface area contributed by atoms with Gasteiger partial charge in [-0.3, -0.25) is 0 Å². The first kappa shape index (κ1) is 31.6. The fourth-order valence-electron chi connectivity index (χ4n) is 9.22. The van der Waals surface area contributed by atoms with Gasteiger partial charge >= 0.3 is 0 Å². The van der Waals surface area contributed by atoms with Gasteiger partial charge in [0.1, 0.15) is 0 Å². The topological polar surface area (TPSA) is 8.17 Å². The van der Waals surface area contributed by atoms with Crippen molar-refractivity contribution < 1.29 is 0 Å². The Morgan fingerprint density at radius 1 is 0.382 bits per heavy atom. The molecule has 0 N–H and O–H groups in total. The van der Waals surface area contributed by atoms with Crippen LogP contribution in [0.1, 0.15) is 25.0 Å². The standard InChI is InChI=1S/C53H38N2/c1-53(2)49-19-11-9-17-44(49)45-30-28-42(33-50(45)53)54(39-13-5-3-6-14-39)41-26-23-35(24-27-41)36-25-29-43-37(31-36)21-22-38-32-48-46-18-10-12-20-51(46)55(52(48)34-47(38)43)40-15-7-4-8-16-40/h3-34H,1-2H3. The monoisotopic (exact) mass is 702 g/mol. The summed E-state index contributed by atoms with van der Waals surface area (Å²) >= 11 is 0. The fraction of sp³-hybridized carbons (Fsp3) is 0.0566. The third kappa shape index (κ3) is 4.88. The minimum absolute atomic E-state index is 0.0676. The van der Waals surface area contributed by atoms with E-state index in [9.17, 15) is 0 Å². The average Bonchev–Trinajstić information content (AvgIpc) is 3.68. The van der Waals surface area contributed by atoms with Crippen LogP contribution in [0.5, 0.6) is 0 Å². The number of rotatable bonds is 5. The third-order valence-electron chi connectivity index (χ3n) is 11.9. The van der Waals surface area contributed by atoms with Crippen LogP contribution < -0.4 is 4.90 Å². The highest BCUT2D eigenvalue weighted by Crippen LogP contribution is 2.50. The lowest BCUT2D eigenvalue weighted by atomic mass is 9.82. The van der Waals surface area contributed by atoms with Gasteiger partial charge in [0.15, 0.2) is 0 Å². The Labute approximate surface area is 321 Å². The predicted octanol–water partition coefficient (Wildman–Crippen LogP) is 14.5. The molecule has 0 atom stereocenters. The van der Waals surface area contributed by atoms with Crippen LogP contribution in [0.25, 0.3) is 71.3 Å². The number of nitrogens with zero attached hydrogens (tertiary/aromatic N) is 2. The molecule has 0 bridgehead atoms. The summed E-state index contributed by atoms with van der Waals surface area (Å²) in [6.45, 7) is 4.70. The SMILES string of the molecule is CC1(C)c2ccccc2-c2ccc(N(c3ccccc3)c3ccc(-c4ccc5c(ccc6cc7c8ccccc8n(-c8ccccc8)c7cc65)c4)cc3)cc21.